The average Bonchev–Trinajstić information content (AvgIpc) is 2.90. The monoisotopic (exact) mass is 267 g/mol. The molecule has 4 nitrogen and oxygen atoms in total. The lowest BCUT2D eigenvalue weighted by atomic mass is 10.1. The van der Waals surface area contributed by atoms with Crippen LogP contribution in [0, 0.1) is 6.92 Å². The summed E-state index contributed by atoms with van der Waals surface area (Å²) in [5.41, 5.74) is 4.29. The van der Waals surface area contributed by atoms with Gasteiger partial charge in [0.1, 0.15) is 11.6 Å². The van der Waals surface area contributed by atoms with Crippen LogP contribution < -0.4 is 4.74 Å². The molecule has 3 rings (SSSR count). The Morgan fingerprint density at radius 3 is 2.60 bits per heavy atom. The minimum absolute atomic E-state index is 0.801. The molecule has 102 valence electrons. The zero-order chi connectivity index (χ0) is 13.9. The van der Waals surface area contributed by atoms with Gasteiger partial charge in [-0.2, -0.15) is 0 Å². The highest BCUT2D eigenvalue weighted by Gasteiger charge is 2.06. The second-order valence-corrected chi connectivity index (χ2v) is 4.86. The topological polar surface area (TPSA) is 50.8 Å². The van der Waals surface area contributed by atoms with Crippen molar-refractivity contribution in [2.24, 2.45) is 0 Å². The summed E-state index contributed by atoms with van der Waals surface area (Å²) >= 11 is 0. The van der Waals surface area contributed by atoms with E-state index in [1.807, 2.05) is 18.2 Å². The van der Waals surface area contributed by atoms with Crippen LogP contribution in [0.5, 0.6) is 5.75 Å². The van der Waals surface area contributed by atoms with Crippen molar-refractivity contribution in [2.75, 3.05) is 7.11 Å². The summed E-state index contributed by atoms with van der Waals surface area (Å²) in [4.78, 5) is 12.2. The molecule has 3 aromatic rings. The Kier molecular flexibility index (Phi) is 3.37. The molecule has 0 saturated carbocycles. The van der Waals surface area contributed by atoms with E-state index in [1.165, 1.54) is 11.1 Å². The zero-order valence-corrected chi connectivity index (χ0v) is 11.7. The SMILES string of the molecule is COc1ccc(CCc2nc3nccc(C)c3[nH]2)cc1. The summed E-state index contributed by atoms with van der Waals surface area (Å²) in [6, 6.07) is 10.1. The number of benzene rings is 1. The Balaban J connectivity index is 1.74. The number of hydrogen-bond acceptors (Lipinski definition) is 3. The molecule has 2 aromatic heterocycles. The Labute approximate surface area is 117 Å². The molecule has 20 heavy (non-hydrogen) atoms. The number of methoxy groups -OCH3 is 1. The lowest BCUT2D eigenvalue weighted by molar-refractivity contribution is 0.414. The number of ether oxygens (including phenoxy) is 1. The van der Waals surface area contributed by atoms with E-state index in [0.717, 1.165) is 35.6 Å². The molecule has 0 unspecified atom stereocenters. The molecule has 4 heteroatoms. The highest BCUT2D eigenvalue weighted by molar-refractivity contribution is 5.74. The number of nitrogens with one attached hydrogen (secondary N) is 1. The number of fused-ring (bicyclic) bond motifs is 1. The summed E-state index contributed by atoms with van der Waals surface area (Å²) in [6.07, 6.45) is 3.62. The largest absolute Gasteiger partial charge is 0.497 e. The van der Waals surface area contributed by atoms with Gasteiger partial charge >= 0.3 is 0 Å². The smallest absolute Gasteiger partial charge is 0.177 e. The molecule has 1 aromatic carbocycles. The molecule has 0 radical (unpaired) electrons. The molecular formula is C16H17N3O. The van der Waals surface area contributed by atoms with Crippen LogP contribution in [0.25, 0.3) is 11.2 Å². The number of H-pyrrole nitrogens is 1. The standard InChI is InChI=1S/C16H17N3O/c1-11-9-10-17-16-15(11)18-14(19-16)8-5-12-3-6-13(20-2)7-4-12/h3-4,6-7,9-10H,5,8H2,1-2H3,(H,17,18,19). The lowest BCUT2D eigenvalue weighted by Crippen LogP contribution is -1.93. The van der Waals surface area contributed by atoms with Gasteiger partial charge in [-0.05, 0) is 42.7 Å². The third-order valence-electron chi connectivity index (χ3n) is 3.46. The van der Waals surface area contributed by atoms with Gasteiger partial charge in [-0.15, -0.1) is 0 Å². The van der Waals surface area contributed by atoms with Gasteiger partial charge in [0.2, 0.25) is 0 Å². The summed E-state index contributed by atoms with van der Waals surface area (Å²) in [6.45, 7) is 2.06. The molecule has 0 fully saturated rings. The number of aromatic amines is 1. The van der Waals surface area contributed by atoms with E-state index in [0.29, 0.717) is 0 Å². The van der Waals surface area contributed by atoms with Crippen molar-refractivity contribution >= 4 is 11.2 Å². The van der Waals surface area contributed by atoms with Crippen molar-refractivity contribution in [3.05, 3.63) is 53.5 Å². The van der Waals surface area contributed by atoms with Crippen LogP contribution in [0.2, 0.25) is 0 Å². The first-order valence-corrected chi connectivity index (χ1v) is 6.69. The second-order valence-electron chi connectivity index (χ2n) is 4.86. The second kappa shape index (κ2) is 5.33. The summed E-state index contributed by atoms with van der Waals surface area (Å²) < 4.78 is 5.16. The maximum absolute atomic E-state index is 5.16. The zero-order valence-electron chi connectivity index (χ0n) is 11.7. The molecule has 0 spiro atoms. The van der Waals surface area contributed by atoms with Crippen molar-refractivity contribution in [1.29, 1.82) is 0 Å². The quantitative estimate of drug-likeness (QED) is 0.790. The highest BCUT2D eigenvalue weighted by Crippen LogP contribution is 2.16. The van der Waals surface area contributed by atoms with Gasteiger partial charge in [-0.3, -0.25) is 0 Å². The first-order chi connectivity index (χ1) is 9.76. The van der Waals surface area contributed by atoms with E-state index in [2.05, 4.69) is 34.0 Å². The number of aromatic nitrogens is 3. The van der Waals surface area contributed by atoms with Gasteiger partial charge in [0, 0.05) is 12.6 Å². The molecular weight excluding hydrogens is 250 g/mol. The molecule has 0 atom stereocenters. The first kappa shape index (κ1) is 12.7. The first-order valence-electron chi connectivity index (χ1n) is 6.69. The number of hydrogen-bond donors (Lipinski definition) is 1. The van der Waals surface area contributed by atoms with Crippen LogP contribution >= 0.6 is 0 Å². The fraction of sp³-hybridized carbons (Fsp3) is 0.250. The van der Waals surface area contributed by atoms with Crippen LogP contribution in [0.4, 0.5) is 0 Å². The Morgan fingerprint density at radius 1 is 1.10 bits per heavy atom. The number of aryl methyl sites for hydroxylation is 3. The lowest BCUT2D eigenvalue weighted by Gasteiger charge is -2.02. The van der Waals surface area contributed by atoms with Crippen LogP contribution in [0.3, 0.4) is 0 Å². The Hall–Kier alpha value is -2.36. The van der Waals surface area contributed by atoms with Gasteiger partial charge in [-0.25, -0.2) is 9.97 Å². The number of imidazole rings is 1. The fourth-order valence-electron chi connectivity index (χ4n) is 2.26. The van der Waals surface area contributed by atoms with Gasteiger partial charge in [-0.1, -0.05) is 12.1 Å². The van der Waals surface area contributed by atoms with Crippen LogP contribution in [-0.2, 0) is 12.8 Å². The minimum Gasteiger partial charge on any atom is -0.497 e. The number of pyridine rings is 1. The Morgan fingerprint density at radius 2 is 1.90 bits per heavy atom. The molecule has 0 aliphatic rings. The van der Waals surface area contributed by atoms with E-state index in [9.17, 15) is 0 Å². The van der Waals surface area contributed by atoms with Crippen molar-refractivity contribution in [3.63, 3.8) is 0 Å². The van der Waals surface area contributed by atoms with E-state index >= 15 is 0 Å². The average molecular weight is 267 g/mol. The van der Waals surface area contributed by atoms with Gasteiger partial charge in [0.05, 0.1) is 12.6 Å². The Bertz CT molecular complexity index is 716. The molecule has 0 amide bonds. The van der Waals surface area contributed by atoms with Crippen molar-refractivity contribution in [3.8, 4) is 5.75 Å². The maximum Gasteiger partial charge on any atom is 0.177 e. The molecule has 0 aliphatic heterocycles. The predicted octanol–water partition coefficient (Wildman–Crippen LogP) is 3.06. The summed E-state index contributed by atoms with van der Waals surface area (Å²) in [5.74, 6) is 1.87. The molecule has 0 saturated heterocycles. The van der Waals surface area contributed by atoms with Crippen molar-refractivity contribution < 1.29 is 4.74 Å². The van der Waals surface area contributed by atoms with E-state index in [1.54, 1.807) is 13.3 Å². The molecule has 2 heterocycles. The van der Waals surface area contributed by atoms with Gasteiger partial charge in [0.25, 0.3) is 0 Å². The maximum atomic E-state index is 5.16. The summed E-state index contributed by atoms with van der Waals surface area (Å²) in [7, 11) is 1.68. The third-order valence-corrected chi connectivity index (χ3v) is 3.46. The molecule has 0 bridgehead atoms. The predicted molar refractivity (Wildman–Crippen MR) is 79.0 cm³/mol. The van der Waals surface area contributed by atoms with E-state index < -0.39 is 0 Å². The third kappa shape index (κ3) is 2.50. The molecule has 0 aliphatic carbocycles. The number of nitrogens with zero attached hydrogens (tertiary/aromatic N) is 2. The van der Waals surface area contributed by atoms with Gasteiger partial charge in [0.15, 0.2) is 5.65 Å². The fourth-order valence-corrected chi connectivity index (χ4v) is 2.26. The van der Waals surface area contributed by atoms with E-state index in [4.69, 9.17) is 4.74 Å². The van der Waals surface area contributed by atoms with Crippen LogP contribution in [0.1, 0.15) is 17.0 Å². The summed E-state index contributed by atoms with van der Waals surface area (Å²) in [5, 5.41) is 0. The number of rotatable bonds is 4. The van der Waals surface area contributed by atoms with Crippen LogP contribution in [0.15, 0.2) is 36.5 Å². The van der Waals surface area contributed by atoms with E-state index in [-0.39, 0.29) is 0 Å². The highest BCUT2D eigenvalue weighted by atomic mass is 16.5. The van der Waals surface area contributed by atoms with Crippen molar-refractivity contribution in [2.45, 2.75) is 19.8 Å². The minimum atomic E-state index is 0.801. The van der Waals surface area contributed by atoms with Gasteiger partial charge < -0.3 is 9.72 Å². The van der Waals surface area contributed by atoms with Crippen LogP contribution in [-0.4, -0.2) is 22.1 Å². The normalized spacial score (nSPS) is 10.9. The molecule has 1 N–H and O–H groups in total. The van der Waals surface area contributed by atoms with Crippen molar-refractivity contribution in [1.82, 2.24) is 15.0 Å².